The Morgan fingerprint density at radius 3 is 2.47 bits per heavy atom. The molecule has 80 valence electrons. The van der Waals surface area contributed by atoms with Crippen LogP contribution < -0.4 is 4.74 Å². The maximum atomic E-state index is 5.11. The van der Waals surface area contributed by atoms with E-state index in [2.05, 4.69) is 11.9 Å². The predicted octanol–water partition coefficient (Wildman–Crippen LogP) is 3.59. The van der Waals surface area contributed by atoms with E-state index >= 15 is 0 Å². The second kappa shape index (κ2) is 4.47. The molecule has 0 saturated heterocycles. The summed E-state index contributed by atoms with van der Waals surface area (Å²) in [4.78, 5) is 4.68. The summed E-state index contributed by atoms with van der Waals surface area (Å²) >= 11 is 0. The monoisotopic (exact) mass is 203 g/mol. The lowest BCUT2D eigenvalue weighted by atomic mass is 10.2. The zero-order valence-corrected chi connectivity index (χ0v) is 9.36. The first-order valence-corrected chi connectivity index (χ1v) is 5.55. The molecule has 1 aliphatic rings. The summed E-state index contributed by atoms with van der Waals surface area (Å²) in [5.74, 6) is 1.65. The van der Waals surface area contributed by atoms with Crippen molar-refractivity contribution in [1.82, 2.24) is 0 Å². The molecule has 0 atom stereocenters. The molecule has 0 N–H and O–H groups in total. The zero-order valence-electron chi connectivity index (χ0n) is 9.36. The highest BCUT2D eigenvalue weighted by Crippen LogP contribution is 2.33. The van der Waals surface area contributed by atoms with E-state index in [4.69, 9.17) is 4.74 Å². The quantitative estimate of drug-likeness (QED) is 0.685. The fourth-order valence-electron chi connectivity index (χ4n) is 1.70. The zero-order chi connectivity index (χ0) is 10.7. The molecule has 15 heavy (non-hydrogen) atoms. The van der Waals surface area contributed by atoms with Gasteiger partial charge in [-0.05, 0) is 49.4 Å². The van der Waals surface area contributed by atoms with Crippen molar-refractivity contribution >= 4 is 11.4 Å². The fraction of sp³-hybridized carbons (Fsp3) is 0.462. The van der Waals surface area contributed by atoms with Crippen molar-refractivity contribution in [3.05, 3.63) is 24.3 Å². The van der Waals surface area contributed by atoms with Gasteiger partial charge in [0, 0.05) is 5.71 Å². The number of hydrogen-bond acceptors (Lipinski definition) is 2. The lowest BCUT2D eigenvalue weighted by Gasteiger charge is -2.02. The Labute approximate surface area is 91.0 Å². The van der Waals surface area contributed by atoms with Crippen LogP contribution in [0.2, 0.25) is 0 Å². The lowest BCUT2D eigenvalue weighted by molar-refractivity contribution is 0.415. The molecule has 0 radical (unpaired) electrons. The average Bonchev–Trinajstić information content (AvgIpc) is 3.10. The third-order valence-corrected chi connectivity index (χ3v) is 2.76. The number of benzene rings is 1. The molecule has 2 heteroatoms. The standard InChI is InChI=1S/C13H17NO/c1-3-13(10-4-5-10)14-11-6-8-12(15-2)9-7-11/h6-10H,3-5H2,1-2H3. The van der Waals surface area contributed by atoms with Gasteiger partial charge >= 0.3 is 0 Å². The Kier molecular flexibility index (Phi) is 3.05. The number of methoxy groups -OCH3 is 1. The minimum atomic E-state index is 0.761. The SMILES string of the molecule is CCC(=Nc1ccc(OC)cc1)C1CC1. The highest BCUT2D eigenvalue weighted by Gasteiger charge is 2.25. The molecule has 1 saturated carbocycles. The first-order valence-electron chi connectivity index (χ1n) is 5.55. The molecule has 2 nitrogen and oxygen atoms in total. The predicted molar refractivity (Wildman–Crippen MR) is 63.1 cm³/mol. The first kappa shape index (κ1) is 10.2. The molecular weight excluding hydrogens is 186 g/mol. The second-order valence-corrected chi connectivity index (χ2v) is 3.93. The van der Waals surface area contributed by atoms with Crippen LogP contribution in [0, 0.1) is 5.92 Å². The van der Waals surface area contributed by atoms with Gasteiger partial charge in [0.05, 0.1) is 12.8 Å². The molecule has 0 amide bonds. The van der Waals surface area contributed by atoms with Crippen molar-refractivity contribution in [2.75, 3.05) is 7.11 Å². The summed E-state index contributed by atoms with van der Waals surface area (Å²) in [5, 5.41) is 0. The largest absolute Gasteiger partial charge is 0.497 e. The highest BCUT2D eigenvalue weighted by molar-refractivity contribution is 5.90. The third kappa shape index (κ3) is 2.58. The molecule has 1 aliphatic carbocycles. The van der Waals surface area contributed by atoms with Crippen LogP contribution in [-0.2, 0) is 0 Å². The molecule has 0 aliphatic heterocycles. The van der Waals surface area contributed by atoms with Gasteiger partial charge in [0.25, 0.3) is 0 Å². The van der Waals surface area contributed by atoms with E-state index in [0.29, 0.717) is 0 Å². The minimum absolute atomic E-state index is 0.761. The maximum absolute atomic E-state index is 5.11. The Morgan fingerprint density at radius 2 is 2.00 bits per heavy atom. The Hall–Kier alpha value is -1.31. The van der Waals surface area contributed by atoms with Gasteiger partial charge in [-0.2, -0.15) is 0 Å². The molecule has 0 unspecified atom stereocenters. The van der Waals surface area contributed by atoms with Crippen molar-refractivity contribution in [3.8, 4) is 5.75 Å². The Balaban J connectivity index is 2.14. The van der Waals surface area contributed by atoms with Crippen molar-refractivity contribution in [2.24, 2.45) is 10.9 Å². The van der Waals surface area contributed by atoms with Crippen LogP contribution in [0.25, 0.3) is 0 Å². The fourth-order valence-corrected chi connectivity index (χ4v) is 1.70. The summed E-state index contributed by atoms with van der Waals surface area (Å²) in [6.45, 7) is 2.18. The second-order valence-electron chi connectivity index (χ2n) is 3.93. The molecule has 0 spiro atoms. The van der Waals surface area contributed by atoms with Crippen LogP contribution in [0.4, 0.5) is 5.69 Å². The number of rotatable bonds is 4. The molecule has 0 bridgehead atoms. The van der Waals surface area contributed by atoms with Crippen LogP contribution in [-0.4, -0.2) is 12.8 Å². The summed E-state index contributed by atoms with van der Waals surface area (Å²) in [5.41, 5.74) is 2.39. The van der Waals surface area contributed by atoms with Crippen LogP contribution >= 0.6 is 0 Å². The molecule has 2 rings (SSSR count). The van der Waals surface area contributed by atoms with Crippen molar-refractivity contribution in [1.29, 1.82) is 0 Å². The van der Waals surface area contributed by atoms with Gasteiger partial charge in [-0.25, -0.2) is 0 Å². The molecule has 0 heterocycles. The summed E-state index contributed by atoms with van der Waals surface area (Å²) in [7, 11) is 1.68. The van der Waals surface area contributed by atoms with Crippen LogP contribution in [0.5, 0.6) is 5.75 Å². The van der Waals surface area contributed by atoms with Gasteiger partial charge in [-0.3, -0.25) is 4.99 Å². The van der Waals surface area contributed by atoms with Crippen molar-refractivity contribution < 1.29 is 4.74 Å². The van der Waals surface area contributed by atoms with Gasteiger partial charge in [0.2, 0.25) is 0 Å². The van der Waals surface area contributed by atoms with Gasteiger partial charge in [-0.1, -0.05) is 6.92 Å². The average molecular weight is 203 g/mol. The number of nitrogens with zero attached hydrogens (tertiary/aromatic N) is 1. The van der Waals surface area contributed by atoms with E-state index in [0.717, 1.165) is 23.8 Å². The van der Waals surface area contributed by atoms with E-state index in [-0.39, 0.29) is 0 Å². The van der Waals surface area contributed by atoms with E-state index in [9.17, 15) is 0 Å². The Morgan fingerprint density at radius 1 is 1.33 bits per heavy atom. The van der Waals surface area contributed by atoms with Crippen LogP contribution in [0.3, 0.4) is 0 Å². The summed E-state index contributed by atoms with van der Waals surface area (Å²) in [6, 6.07) is 7.94. The van der Waals surface area contributed by atoms with Crippen LogP contribution in [0.15, 0.2) is 29.3 Å². The molecular formula is C13H17NO. The third-order valence-electron chi connectivity index (χ3n) is 2.76. The van der Waals surface area contributed by atoms with Gasteiger partial charge in [0.15, 0.2) is 0 Å². The van der Waals surface area contributed by atoms with Crippen molar-refractivity contribution in [3.63, 3.8) is 0 Å². The van der Waals surface area contributed by atoms with Gasteiger partial charge < -0.3 is 4.74 Å². The normalized spacial score (nSPS) is 16.5. The number of aliphatic imine (C=N–C) groups is 1. The van der Waals surface area contributed by atoms with E-state index in [1.165, 1.54) is 18.6 Å². The summed E-state index contributed by atoms with van der Waals surface area (Å²) in [6.07, 6.45) is 3.71. The van der Waals surface area contributed by atoms with Crippen molar-refractivity contribution in [2.45, 2.75) is 26.2 Å². The van der Waals surface area contributed by atoms with Crippen LogP contribution in [0.1, 0.15) is 26.2 Å². The van der Waals surface area contributed by atoms with Gasteiger partial charge in [0.1, 0.15) is 5.75 Å². The summed E-state index contributed by atoms with van der Waals surface area (Å²) < 4.78 is 5.11. The Bertz CT molecular complexity index is 349. The highest BCUT2D eigenvalue weighted by atomic mass is 16.5. The van der Waals surface area contributed by atoms with Gasteiger partial charge in [-0.15, -0.1) is 0 Å². The smallest absolute Gasteiger partial charge is 0.119 e. The number of ether oxygens (including phenoxy) is 1. The maximum Gasteiger partial charge on any atom is 0.119 e. The number of hydrogen-bond donors (Lipinski definition) is 0. The topological polar surface area (TPSA) is 21.6 Å². The minimum Gasteiger partial charge on any atom is -0.497 e. The van der Waals surface area contributed by atoms with E-state index in [1.54, 1.807) is 7.11 Å². The van der Waals surface area contributed by atoms with E-state index in [1.807, 2.05) is 24.3 Å². The molecule has 1 aromatic carbocycles. The first-order chi connectivity index (χ1) is 7.33. The lowest BCUT2D eigenvalue weighted by Crippen LogP contribution is -1.97. The molecule has 1 fully saturated rings. The molecule has 0 aromatic heterocycles. The molecule has 1 aromatic rings. The van der Waals surface area contributed by atoms with E-state index < -0.39 is 0 Å².